The van der Waals surface area contributed by atoms with Crippen LogP contribution in [0, 0.1) is 5.82 Å². The summed E-state index contributed by atoms with van der Waals surface area (Å²) < 4.78 is 12.6. The summed E-state index contributed by atoms with van der Waals surface area (Å²) >= 11 is 1.60. The van der Waals surface area contributed by atoms with Crippen LogP contribution < -0.4 is 5.32 Å². The van der Waals surface area contributed by atoms with E-state index < -0.39 is 0 Å². The summed E-state index contributed by atoms with van der Waals surface area (Å²) in [6, 6.07) is 6.44. The Labute approximate surface area is 85.9 Å². The lowest BCUT2D eigenvalue weighted by molar-refractivity contribution is -0.118. The van der Waals surface area contributed by atoms with Crippen LogP contribution in [0.4, 0.5) is 4.39 Å². The number of rotatable bonds is 1. The van der Waals surface area contributed by atoms with Crippen LogP contribution in [-0.2, 0) is 4.79 Å². The summed E-state index contributed by atoms with van der Waals surface area (Å²) in [5, 5.41) is 3.05. The number of halogens is 1. The molecule has 0 aromatic heterocycles. The zero-order valence-electron chi connectivity index (χ0n) is 7.50. The Balaban J connectivity index is 2.08. The molecule has 1 aliphatic heterocycles. The van der Waals surface area contributed by atoms with Crippen molar-refractivity contribution in [3.05, 3.63) is 35.6 Å². The molecule has 0 spiro atoms. The van der Waals surface area contributed by atoms with Crippen LogP contribution in [0.5, 0.6) is 0 Å². The molecule has 1 aliphatic rings. The largest absolute Gasteiger partial charge is 0.354 e. The van der Waals surface area contributed by atoms with Crippen LogP contribution in [-0.4, -0.2) is 18.2 Å². The fourth-order valence-electron chi connectivity index (χ4n) is 1.38. The number of carbonyl (C=O) groups is 1. The molecule has 1 amide bonds. The van der Waals surface area contributed by atoms with Gasteiger partial charge in [-0.1, -0.05) is 12.1 Å². The highest BCUT2D eigenvalue weighted by Crippen LogP contribution is 2.30. The summed E-state index contributed by atoms with van der Waals surface area (Å²) in [5.74, 6) is 0.342. The highest BCUT2D eigenvalue weighted by molar-refractivity contribution is 8.00. The summed E-state index contributed by atoms with van der Waals surface area (Å²) in [6.07, 6.45) is 0. The van der Waals surface area contributed by atoms with Crippen molar-refractivity contribution < 1.29 is 9.18 Å². The molecule has 1 fully saturated rings. The van der Waals surface area contributed by atoms with E-state index >= 15 is 0 Å². The third-order valence-corrected chi connectivity index (χ3v) is 3.41. The summed E-state index contributed by atoms with van der Waals surface area (Å²) in [4.78, 5) is 10.9. The fourth-order valence-corrected chi connectivity index (χ4v) is 2.39. The number of carbonyl (C=O) groups excluding carboxylic acids is 1. The fraction of sp³-hybridized carbons (Fsp3) is 0.300. The monoisotopic (exact) mass is 211 g/mol. The molecular weight excluding hydrogens is 201 g/mol. The molecule has 1 N–H and O–H groups in total. The van der Waals surface area contributed by atoms with Crippen LogP contribution >= 0.6 is 11.8 Å². The maximum atomic E-state index is 12.6. The van der Waals surface area contributed by atoms with Crippen LogP contribution in [0.3, 0.4) is 0 Å². The molecule has 0 bridgehead atoms. The minimum absolute atomic E-state index is 0.0772. The van der Waals surface area contributed by atoms with E-state index in [1.807, 2.05) is 0 Å². The van der Waals surface area contributed by atoms with Gasteiger partial charge in [-0.2, -0.15) is 0 Å². The van der Waals surface area contributed by atoms with Crippen molar-refractivity contribution in [2.75, 3.05) is 12.3 Å². The minimum Gasteiger partial charge on any atom is -0.354 e. The maximum Gasteiger partial charge on any atom is 0.230 e. The Morgan fingerprint density at radius 3 is 2.64 bits per heavy atom. The normalized spacial score (nSPS) is 21.8. The number of hydrogen-bond donors (Lipinski definition) is 1. The second-order valence-corrected chi connectivity index (χ2v) is 4.35. The topological polar surface area (TPSA) is 29.1 Å². The van der Waals surface area contributed by atoms with Crippen molar-refractivity contribution in [1.82, 2.24) is 5.32 Å². The molecule has 14 heavy (non-hydrogen) atoms. The van der Waals surface area contributed by atoms with Crippen molar-refractivity contribution in [2.24, 2.45) is 0 Å². The van der Waals surface area contributed by atoms with Crippen LogP contribution in [0.1, 0.15) is 10.8 Å². The number of nitrogens with one attached hydrogen (secondary N) is 1. The Morgan fingerprint density at radius 2 is 2.07 bits per heavy atom. The smallest absolute Gasteiger partial charge is 0.230 e. The van der Waals surface area contributed by atoms with Crippen molar-refractivity contribution >= 4 is 17.7 Å². The Bertz CT molecular complexity index is 328. The van der Waals surface area contributed by atoms with E-state index in [1.165, 1.54) is 12.1 Å². The second-order valence-electron chi connectivity index (χ2n) is 3.16. The molecule has 74 valence electrons. The minimum atomic E-state index is -0.224. The molecule has 0 radical (unpaired) electrons. The molecule has 0 saturated carbocycles. The van der Waals surface area contributed by atoms with Crippen molar-refractivity contribution in [1.29, 1.82) is 0 Å². The van der Waals surface area contributed by atoms with Gasteiger partial charge in [0.25, 0.3) is 0 Å². The third-order valence-electron chi connectivity index (χ3n) is 2.14. The quantitative estimate of drug-likeness (QED) is 0.766. The number of thioether (sulfide) groups is 1. The first-order valence-corrected chi connectivity index (χ1v) is 5.44. The summed E-state index contributed by atoms with van der Waals surface area (Å²) in [7, 11) is 0. The lowest BCUT2D eigenvalue weighted by Gasteiger charge is -2.22. The molecule has 2 rings (SSSR count). The lowest BCUT2D eigenvalue weighted by atomic mass is 10.1. The van der Waals surface area contributed by atoms with Gasteiger partial charge in [0, 0.05) is 11.8 Å². The van der Waals surface area contributed by atoms with Gasteiger partial charge < -0.3 is 5.32 Å². The first-order valence-electron chi connectivity index (χ1n) is 4.39. The standard InChI is InChI=1S/C10H10FNOS/c11-8-3-1-7(2-4-8)9-5-12-10(13)6-14-9/h1-4,9H,5-6H2,(H,12,13). The number of hydrogen-bond acceptors (Lipinski definition) is 2. The van der Waals surface area contributed by atoms with Gasteiger partial charge in [-0.15, -0.1) is 11.8 Å². The zero-order valence-corrected chi connectivity index (χ0v) is 8.31. The van der Waals surface area contributed by atoms with Crippen LogP contribution in [0.15, 0.2) is 24.3 Å². The Morgan fingerprint density at radius 1 is 1.36 bits per heavy atom. The van der Waals surface area contributed by atoms with Gasteiger partial charge in [0.1, 0.15) is 5.82 Å². The Kier molecular flexibility index (Phi) is 2.72. The molecule has 1 atom stereocenters. The molecule has 1 heterocycles. The van der Waals surface area contributed by atoms with E-state index in [-0.39, 0.29) is 17.0 Å². The van der Waals surface area contributed by atoms with Crippen molar-refractivity contribution in [3.63, 3.8) is 0 Å². The van der Waals surface area contributed by atoms with E-state index in [2.05, 4.69) is 5.32 Å². The van der Waals surface area contributed by atoms with Gasteiger partial charge in [0.15, 0.2) is 0 Å². The molecule has 0 aliphatic carbocycles. The van der Waals surface area contributed by atoms with E-state index in [4.69, 9.17) is 0 Å². The molecule has 1 saturated heterocycles. The molecule has 1 aromatic carbocycles. The average molecular weight is 211 g/mol. The summed E-state index contributed by atoms with van der Waals surface area (Å²) in [5.41, 5.74) is 1.07. The van der Waals surface area contributed by atoms with E-state index in [0.29, 0.717) is 12.3 Å². The third kappa shape index (κ3) is 2.07. The second kappa shape index (κ2) is 4.00. The average Bonchev–Trinajstić information content (AvgIpc) is 2.21. The van der Waals surface area contributed by atoms with E-state index in [0.717, 1.165) is 5.56 Å². The van der Waals surface area contributed by atoms with Gasteiger partial charge in [-0.3, -0.25) is 4.79 Å². The van der Waals surface area contributed by atoms with Crippen LogP contribution in [0.25, 0.3) is 0 Å². The van der Waals surface area contributed by atoms with Crippen LogP contribution in [0.2, 0.25) is 0 Å². The molecule has 1 aromatic rings. The molecule has 2 nitrogen and oxygen atoms in total. The number of benzene rings is 1. The zero-order chi connectivity index (χ0) is 9.97. The van der Waals surface area contributed by atoms with Gasteiger partial charge in [-0.05, 0) is 17.7 Å². The van der Waals surface area contributed by atoms with Gasteiger partial charge in [-0.25, -0.2) is 4.39 Å². The summed E-state index contributed by atoms with van der Waals surface area (Å²) in [6.45, 7) is 0.634. The Hall–Kier alpha value is -1.03. The van der Waals surface area contributed by atoms with Crippen molar-refractivity contribution in [2.45, 2.75) is 5.25 Å². The lowest BCUT2D eigenvalue weighted by Crippen LogP contribution is -2.33. The van der Waals surface area contributed by atoms with Gasteiger partial charge in [0.2, 0.25) is 5.91 Å². The molecule has 4 heteroatoms. The van der Waals surface area contributed by atoms with Gasteiger partial charge in [0.05, 0.1) is 5.75 Å². The maximum absolute atomic E-state index is 12.6. The predicted molar refractivity (Wildman–Crippen MR) is 54.6 cm³/mol. The number of amides is 1. The molecular formula is C10H10FNOS. The van der Waals surface area contributed by atoms with E-state index in [9.17, 15) is 9.18 Å². The first kappa shape index (κ1) is 9.52. The highest BCUT2D eigenvalue weighted by Gasteiger charge is 2.19. The SMILES string of the molecule is O=C1CSC(c2ccc(F)cc2)CN1. The predicted octanol–water partition coefficient (Wildman–Crippen LogP) is 1.73. The van der Waals surface area contributed by atoms with Gasteiger partial charge >= 0.3 is 0 Å². The highest BCUT2D eigenvalue weighted by atomic mass is 32.2. The first-order chi connectivity index (χ1) is 6.75. The molecule has 1 unspecified atom stereocenters. The van der Waals surface area contributed by atoms with Crippen molar-refractivity contribution in [3.8, 4) is 0 Å². The van der Waals surface area contributed by atoms with E-state index in [1.54, 1.807) is 23.9 Å².